The zero-order valence-corrected chi connectivity index (χ0v) is 9.78. The summed E-state index contributed by atoms with van der Waals surface area (Å²) in [7, 11) is 0. The van der Waals surface area contributed by atoms with E-state index >= 15 is 0 Å². The Morgan fingerprint density at radius 3 is 2.06 bits per heavy atom. The Balaban J connectivity index is 4.88. The van der Waals surface area contributed by atoms with Crippen LogP contribution in [-0.2, 0) is 9.59 Å². The molecule has 0 rings (SSSR count). The first kappa shape index (κ1) is 16.6. The zero-order chi connectivity index (χ0) is 14.5. The smallest absolute Gasteiger partial charge is 0.404 e. The molecule has 0 aromatic heterocycles. The van der Waals surface area contributed by atoms with Crippen molar-refractivity contribution >= 4 is 11.9 Å². The van der Waals surface area contributed by atoms with Gasteiger partial charge in [0.25, 0.3) is 0 Å². The average Bonchev–Trinajstić information content (AvgIpc) is 2.20. The molecule has 0 aliphatic carbocycles. The van der Waals surface area contributed by atoms with Crippen molar-refractivity contribution in [2.24, 2.45) is 5.92 Å². The number of aliphatic carboxylic acids is 1. The Kier molecular flexibility index (Phi) is 6.06. The number of carboxylic acid groups (broad SMARTS) is 1. The third-order valence-corrected chi connectivity index (χ3v) is 2.22. The highest BCUT2D eigenvalue weighted by molar-refractivity contribution is 5.76. The van der Waals surface area contributed by atoms with Crippen LogP contribution in [0.5, 0.6) is 0 Å². The van der Waals surface area contributed by atoms with E-state index in [4.69, 9.17) is 10.3 Å². The van der Waals surface area contributed by atoms with E-state index in [0.717, 1.165) is 5.48 Å². The van der Waals surface area contributed by atoms with Gasteiger partial charge < -0.3 is 5.11 Å². The normalized spacial score (nSPS) is 15.3. The molecule has 0 unspecified atom stereocenters. The summed E-state index contributed by atoms with van der Waals surface area (Å²) < 4.78 is 37.8. The lowest BCUT2D eigenvalue weighted by atomic mass is 10.0. The Labute approximate surface area is 101 Å². The van der Waals surface area contributed by atoms with Gasteiger partial charge in [-0.2, -0.15) is 13.2 Å². The molecule has 4 N–H and O–H groups in total. The Hall–Kier alpha value is -1.35. The maximum absolute atomic E-state index is 12.6. The van der Waals surface area contributed by atoms with Gasteiger partial charge in [-0.15, -0.1) is 0 Å². The fourth-order valence-corrected chi connectivity index (χ4v) is 1.27. The van der Waals surface area contributed by atoms with Gasteiger partial charge in [0.1, 0.15) is 12.1 Å². The van der Waals surface area contributed by atoms with Gasteiger partial charge in [-0.25, -0.2) is 5.48 Å². The predicted molar refractivity (Wildman–Crippen MR) is 53.8 cm³/mol. The second-order valence-corrected chi connectivity index (χ2v) is 4.06. The number of hydrogen-bond donors (Lipinski definition) is 4. The number of carbonyl (C=O) groups excluding carboxylic acids is 1. The highest BCUT2D eigenvalue weighted by atomic mass is 19.4. The van der Waals surface area contributed by atoms with Crippen molar-refractivity contribution in [3.05, 3.63) is 0 Å². The SMILES string of the molecule is CC(C)[C@H](N[C@@H](CC(=O)NO)C(F)(F)F)C(=O)O. The molecule has 0 aliphatic heterocycles. The van der Waals surface area contributed by atoms with Gasteiger partial charge in [-0.05, 0) is 5.92 Å². The third-order valence-electron chi connectivity index (χ3n) is 2.22. The van der Waals surface area contributed by atoms with Crippen molar-refractivity contribution in [2.45, 2.75) is 38.5 Å². The number of rotatable bonds is 6. The van der Waals surface area contributed by atoms with Gasteiger partial charge in [0.15, 0.2) is 0 Å². The van der Waals surface area contributed by atoms with Gasteiger partial charge in [0.2, 0.25) is 5.91 Å². The quantitative estimate of drug-likeness (QED) is 0.417. The number of alkyl halides is 3. The van der Waals surface area contributed by atoms with E-state index in [9.17, 15) is 22.8 Å². The monoisotopic (exact) mass is 272 g/mol. The van der Waals surface area contributed by atoms with Crippen LogP contribution in [-0.4, -0.2) is 40.5 Å². The fraction of sp³-hybridized carbons (Fsp3) is 0.778. The van der Waals surface area contributed by atoms with E-state index in [1.54, 1.807) is 0 Å². The van der Waals surface area contributed by atoms with E-state index in [1.165, 1.54) is 13.8 Å². The number of amides is 1. The molecule has 0 bridgehead atoms. The van der Waals surface area contributed by atoms with Crippen molar-refractivity contribution in [2.75, 3.05) is 0 Å². The van der Waals surface area contributed by atoms with E-state index in [2.05, 4.69) is 0 Å². The lowest BCUT2D eigenvalue weighted by Crippen LogP contribution is -2.53. The zero-order valence-electron chi connectivity index (χ0n) is 9.78. The number of carboxylic acids is 1. The Morgan fingerprint density at radius 2 is 1.78 bits per heavy atom. The summed E-state index contributed by atoms with van der Waals surface area (Å²) in [5, 5.41) is 18.8. The van der Waals surface area contributed by atoms with Crippen LogP contribution < -0.4 is 10.8 Å². The number of carbonyl (C=O) groups is 2. The molecule has 0 saturated heterocycles. The molecular weight excluding hydrogens is 257 g/mol. The second kappa shape index (κ2) is 6.55. The third kappa shape index (κ3) is 5.32. The van der Waals surface area contributed by atoms with Crippen LogP contribution in [0.1, 0.15) is 20.3 Å². The summed E-state index contributed by atoms with van der Waals surface area (Å²) in [6, 6.07) is -3.78. The highest BCUT2D eigenvalue weighted by Gasteiger charge is 2.43. The standard InChI is InChI=1S/C9H15F3N2O4/c1-4(2)7(8(16)17)13-5(9(10,11)12)3-6(15)14-18/h4-5,7,13,18H,3H2,1-2H3,(H,14,15)(H,16,17)/t5-,7-/m0/s1. The minimum Gasteiger partial charge on any atom is -0.480 e. The van der Waals surface area contributed by atoms with Crippen LogP contribution in [0.2, 0.25) is 0 Å². The molecule has 18 heavy (non-hydrogen) atoms. The van der Waals surface area contributed by atoms with Crippen LogP contribution in [0.15, 0.2) is 0 Å². The summed E-state index contributed by atoms with van der Waals surface area (Å²) in [6.07, 6.45) is -5.90. The first-order chi connectivity index (χ1) is 8.09. The Morgan fingerprint density at radius 1 is 1.28 bits per heavy atom. The molecule has 0 saturated carbocycles. The van der Waals surface area contributed by atoms with E-state index < -0.39 is 42.5 Å². The minimum absolute atomic E-state index is 0.593. The number of hydroxylamine groups is 1. The van der Waals surface area contributed by atoms with Crippen LogP contribution in [0.4, 0.5) is 13.2 Å². The van der Waals surface area contributed by atoms with Crippen molar-refractivity contribution in [1.29, 1.82) is 0 Å². The van der Waals surface area contributed by atoms with Crippen LogP contribution in [0.3, 0.4) is 0 Å². The molecule has 0 heterocycles. The highest BCUT2D eigenvalue weighted by Crippen LogP contribution is 2.23. The van der Waals surface area contributed by atoms with Gasteiger partial charge in [0.05, 0.1) is 6.42 Å². The maximum Gasteiger partial charge on any atom is 0.404 e. The summed E-state index contributed by atoms with van der Waals surface area (Å²) in [4.78, 5) is 21.5. The fourth-order valence-electron chi connectivity index (χ4n) is 1.27. The first-order valence-corrected chi connectivity index (χ1v) is 5.08. The number of nitrogens with one attached hydrogen (secondary N) is 2. The van der Waals surface area contributed by atoms with E-state index in [-0.39, 0.29) is 0 Å². The van der Waals surface area contributed by atoms with Crippen LogP contribution >= 0.6 is 0 Å². The topological polar surface area (TPSA) is 98.7 Å². The summed E-state index contributed by atoms with van der Waals surface area (Å²) in [6.45, 7) is 2.87. The van der Waals surface area contributed by atoms with E-state index in [0.29, 0.717) is 0 Å². The largest absolute Gasteiger partial charge is 0.480 e. The molecule has 6 nitrogen and oxygen atoms in total. The van der Waals surface area contributed by atoms with Crippen molar-refractivity contribution in [1.82, 2.24) is 10.8 Å². The molecule has 0 spiro atoms. The first-order valence-electron chi connectivity index (χ1n) is 5.08. The molecule has 106 valence electrons. The summed E-state index contributed by atoms with van der Waals surface area (Å²) in [5.41, 5.74) is 1.07. The molecule has 0 aromatic carbocycles. The van der Waals surface area contributed by atoms with Gasteiger partial charge in [-0.1, -0.05) is 13.8 Å². The lowest BCUT2D eigenvalue weighted by molar-refractivity contribution is -0.168. The molecule has 0 radical (unpaired) electrons. The lowest BCUT2D eigenvalue weighted by Gasteiger charge is -2.26. The maximum atomic E-state index is 12.6. The molecule has 0 aliphatic rings. The molecule has 0 aromatic rings. The van der Waals surface area contributed by atoms with Crippen LogP contribution in [0, 0.1) is 5.92 Å². The van der Waals surface area contributed by atoms with Crippen molar-refractivity contribution in [3.8, 4) is 0 Å². The van der Waals surface area contributed by atoms with E-state index in [1.807, 2.05) is 5.32 Å². The van der Waals surface area contributed by atoms with Crippen molar-refractivity contribution < 1.29 is 33.1 Å². The second-order valence-electron chi connectivity index (χ2n) is 4.06. The number of hydrogen-bond acceptors (Lipinski definition) is 4. The number of halogens is 3. The molecule has 2 atom stereocenters. The molecule has 9 heteroatoms. The predicted octanol–water partition coefficient (Wildman–Crippen LogP) is 0.512. The average molecular weight is 272 g/mol. The minimum atomic E-state index is -4.80. The summed E-state index contributed by atoms with van der Waals surface area (Å²) >= 11 is 0. The molecule has 1 amide bonds. The van der Waals surface area contributed by atoms with Gasteiger partial charge in [0, 0.05) is 0 Å². The van der Waals surface area contributed by atoms with Gasteiger partial charge >= 0.3 is 12.1 Å². The van der Waals surface area contributed by atoms with Gasteiger partial charge in [-0.3, -0.25) is 20.1 Å². The van der Waals surface area contributed by atoms with Crippen LogP contribution in [0.25, 0.3) is 0 Å². The van der Waals surface area contributed by atoms with Crippen molar-refractivity contribution in [3.63, 3.8) is 0 Å². The molecule has 0 fully saturated rings. The Bertz CT molecular complexity index is 307. The summed E-state index contributed by atoms with van der Waals surface area (Å²) in [5.74, 6) is -3.29. The molecular formula is C9H15F3N2O4.